The van der Waals surface area contributed by atoms with Gasteiger partial charge in [-0.3, -0.25) is 4.79 Å². The molecule has 0 aliphatic carbocycles. The summed E-state index contributed by atoms with van der Waals surface area (Å²) in [5, 5.41) is 14.1. The van der Waals surface area contributed by atoms with Crippen LogP contribution in [0.4, 0.5) is 5.82 Å². The second kappa shape index (κ2) is 5.42. The fraction of sp³-hybridized carbons (Fsp3) is 0.167. The van der Waals surface area contributed by atoms with E-state index in [1.54, 1.807) is 24.4 Å². The van der Waals surface area contributed by atoms with Crippen LogP contribution < -0.4 is 5.32 Å². The molecule has 0 spiro atoms. The van der Waals surface area contributed by atoms with Gasteiger partial charge in [-0.05, 0) is 18.2 Å². The second-order valence-electron chi connectivity index (χ2n) is 3.69. The van der Waals surface area contributed by atoms with E-state index in [2.05, 4.69) is 10.3 Å². The number of carboxylic acids is 1. The highest BCUT2D eigenvalue weighted by molar-refractivity contribution is 6.45. The van der Waals surface area contributed by atoms with E-state index in [1.807, 2.05) is 0 Å². The van der Waals surface area contributed by atoms with Crippen LogP contribution in [-0.4, -0.2) is 22.6 Å². The zero-order chi connectivity index (χ0) is 13.1. The summed E-state index contributed by atoms with van der Waals surface area (Å²) in [5.41, 5.74) is 0. The van der Waals surface area contributed by atoms with Crippen molar-refractivity contribution in [2.45, 2.75) is 6.42 Å². The van der Waals surface area contributed by atoms with Gasteiger partial charge in [0.15, 0.2) is 0 Å². The van der Waals surface area contributed by atoms with Crippen LogP contribution in [0.15, 0.2) is 24.4 Å². The number of anilines is 1. The molecular weight excluding hydrogens is 275 g/mol. The highest BCUT2D eigenvalue weighted by Gasteiger charge is 2.08. The molecule has 0 fully saturated rings. The van der Waals surface area contributed by atoms with E-state index in [0.29, 0.717) is 22.4 Å². The van der Waals surface area contributed by atoms with E-state index in [9.17, 15) is 4.79 Å². The molecule has 0 radical (unpaired) electrons. The number of carbonyl (C=O) groups is 1. The Morgan fingerprint density at radius 1 is 1.28 bits per heavy atom. The van der Waals surface area contributed by atoms with Crippen molar-refractivity contribution in [3.8, 4) is 0 Å². The number of aromatic nitrogens is 1. The van der Waals surface area contributed by atoms with E-state index in [4.69, 9.17) is 28.3 Å². The minimum Gasteiger partial charge on any atom is -0.481 e. The van der Waals surface area contributed by atoms with Gasteiger partial charge in [0.25, 0.3) is 0 Å². The Hall–Kier alpha value is -1.52. The average molecular weight is 285 g/mol. The minimum absolute atomic E-state index is 0.0272. The van der Waals surface area contributed by atoms with E-state index < -0.39 is 5.97 Å². The van der Waals surface area contributed by atoms with E-state index in [-0.39, 0.29) is 6.42 Å². The topological polar surface area (TPSA) is 62.2 Å². The zero-order valence-corrected chi connectivity index (χ0v) is 10.8. The van der Waals surface area contributed by atoms with Gasteiger partial charge in [0, 0.05) is 23.5 Å². The van der Waals surface area contributed by atoms with Crippen LogP contribution >= 0.6 is 23.2 Å². The molecule has 0 unspecified atom stereocenters. The maximum atomic E-state index is 10.5. The Kier molecular flexibility index (Phi) is 3.89. The summed E-state index contributed by atoms with van der Waals surface area (Å²) in [7, 11) is 0. The number of halogens is 2. The van der Waals surface area contributed by atoms with Crippen LogP contribution in [0.25, 0.3) is 10.8 Å². The predicted octanol–water partition coefficient (Wildman–Crippen LogP) is 3.43. The third-order valence-corrected chi connectivity index (χ3v) is 3.28. The predicted molar refractivity (Wildman–Crippen MR) is 72.5 cm³/mol. The van der Waals surface area contributed by atoms with Crippen molar-refractivity contribution in [3.05, 3.63) is 34.4 Å². The van der Waals surface area contributed by atoms with Gasteiger partial charge < -0.3 is 10.4 Å². The molecule has 1 aromatic carbocycles. The van der Waals surface area contributed by atoms with Crippen molar-refractivity contribution >= 4 is 45.8 Å². The van der Waals surface area contributed by atoms with Gasteiger partial charge in [0.05, 0.1) is 16.5 Å². The molecule has 0 bridgehead atoms. The number of hydrogen-bond acceptors (Lipinski definition) is 3. The first-order valence-corrected chi connectivity index (χ1v) is 6.03. The Bertz CT molecular complexity index is 602. The summed E-state index contributed by atoms with van der Waals surface area (Å²) in [6, 6.07) is 5.27. The molecule has 0 aliphatic rings. The van der Waals surface area contributed by atoms with Crippen molar-refractivity contribution in [2.75, 3.05) is 11.9 Å². The third-order valence-electron chi connectivity index (χ3n) is 2.46. The number of pyridine rings is 1. The standard InChI is InChI=1S/C12H10Cl2N2O2/c13-9-2-1-8-7(11(9)14)3-5-15-12(8)16-6-4-10(17)18/h1-3,5H,4,6H2,(H,15,16)(H,17,18). The van der Waals surface area contributed by atoms with Crippen LogP contribution in [0, 0.1) is 0 Å². The van der Waals surface area contributed by atoms with Crippen LogP contribution in [0.1, 0.15) is 6.42 Å². The average Bonchev–Trinajstić information content (AvgIpc) is 2.34. The molecule has 18 heavy (non-hydrogen) atoms. The van der Waals surface area contributed by atoms with Crippen LogP contribution in [0.2, 0.25) is 10.0 Å². The largest absolute Gasteiger partial charge is 0.481 e. The number of carboxylic acid groups (broad SMARTS) is 1. The Labute approximate surface area is 114 Å². The summed E-state index contributed by atoms with van der Waals surface area (Å²) in [6.07, 6.45) is 1.63. The van der Waals surface area contributed by atoms with Gasteiger partial charge in [-0.15, -0.1) is 0 Å². The highest BCUT2D eigenvalue weighted by Crippen LogP contribution is 2.33. The molecule has 2 N–H and O–H groups in total. The highest BCUT2D eigenvalue weighted by atomic mass is 35.5. The van der Waals surface area contributed by atoms with Gasteiger partial charge in [-0.25, -0.2) is 4.98 Å². The normalized spacial score (nSPS) is 10.6. The molecule has 0 saturated heterocycles. The SMILES string of the molecule is O=C(O)CCNc1nccc2c(Cl)c(Cl)ccc12. The number of fused-ring (bicyclic) bond motifs is 1. The molecule has 94 valence electrons. The van der Waals surface area contributed by atoms with Gasteiger partial charge >= 0.3 is 5.97 Å². The van der Waals surface area contributed by atoms with E-state index >= 15 is 0 Å². The van der Waals surface area contributed by atoms with Crippen LogP contribution in [0.5, 0.6) is 0 Å². The Morgan fingerprint density at radius 3 is 2.78 bits per heavy atom. The molecule has 0 atom stereocenters. The quantitative estimate of drug-likeness (QED) is 0.903. The summed E-state index contributed by atoms with van der Waals surface area (Å²) < 4.78 is 0. The maximum absolute atomic E-state index is 10.5. The summed E-state index contributed by atoms with van der Waals surface area (Å²) in [6.45, 7) is 0.307. The van der Waals surface area contributed by atoms with Gasteiger partial charge in [-0.2, -0.15) is 0 Å². The number of aliphatic carboxylic acids is 1. The maximum Gasteiger partial charge on any atom is 0.305 e. The van der Waals surface area contributed by atoms with Gasteiger partial charge in [0.1, 0.15) is 5.82 Å². The molecule has 6 heteroatoms. The lowest BCUT2D eigenvalue weighted by molar-refractivity contribution is -0.136. The van der Waals surface area contributed by atoms with Crippen molar-refractivity contribution < 1.29 is 9.90 Å². The monoisotopic (exact) mass is 284 g/mol. The van der Waals surface area contributed by atoms with Gasteiger partial charge in [-0.1, -0.05) is 23.2 Å². The van der Waals surface area contributed by atoms with Crippen LogP contribution in [0.3, 0.4) is 0 Å². The second-order valence-corrected chi connectivity index (χ2v) is 4.47. The Balaban J connectivity index is 2.34. The summed E-state index contributed by atoms with van der Waals surface area (Å²) >= 11 is 12.0. The summed E-state index contributed by atoms with van der Waals surface area (Å²) in [4.78, 5) is 14.6. The number of benzene rings is 1. The molecule has 1 aromatic heterocycles. The number of rotatable bonds is 4. The first kappa shape index (κ1) is 12.9. The first-order valence-electron chi connectivity index (χ1n) is 5.28. The first-order chi connectivity index (χ1) is 8.59. The minimum atomic E-state index is -0.858. The molecule has 1 heterocycles. The molecular formula is C12H10Cl2N2O2. The van der Waals surface area contributed by atoms with Crippen LogP contribution in [-0.2, 0) is 4.79 Å². The molecule has 0 amide bonds. The van der Waals surface area contributed by atoms with E-state index in [1.165, 1.54) is 0 Å². The molecule has 4 nitrogen and oxygen atoms in total. The van der Waals surface area contributed by atoms with Crippen molar-refractivity contribution in [1.29, 1.82) is 0 Å². The smallest absolute Gasteiger partial charge is 0.305 e. The lowest BCUT2D eigenvalue weighted by Crippen LogP contribution is -2.08. The lowest BCUT2D eigenvalue weighted by Gasteiger charge is -2.09. The number of hydrogen-bond donors (Lipinski definition) is 2. The fourth-order valence-electron chi connectivity index (χ4n) is 1.62. The third kappa shape index (κ3) is 2.66. The molecule has 0 saturated carbocycles. The number of nitrogens with zero attached hydrogens (tertiary/aromatic N) is 1. The molecule has 2 rings (SSSR count). The molecule has 0 aliphatic heterocycles. The van der Waals surface area contributed by atoms with Crippen molar-refractivity contribution in [2.24, 2.45) is 0 Å². The Morgan fingerprint density at radius 2 is 2.06 bits per heavy atom. The fourth-order valence-corrected chi connectivity index (χ4v) is 2.01. The zero-order valence-electron chi connectivity index (χ0n) is 9.28. The van der Waals surface area contributed by atoms with Crippen molar-refractivity contribution in [1.82, 2.24) is 4.98 Å². The lowest BCUT2D eigenvalue weighted by atomic mass is 10.1. The van der Waals surface area contributed by atoms with Crippen molar-refractivity contribution in [3.63, 3.8) is 0 Å². The van der Waals surface area contributed by atoms with E-state index in [0.717, 1.165) is 10.8 Å². The van der Waals surface area contributed by atoms with Gasteiger partial charge in [0.2, 0.25) is 0 Å². The summed E-state index contributed by atoms with van der Waals surface area (Å²) in [5.74, 6) is -0.254. The number of nitrogens with one attached hydrogen (secondary N) is 1. The molecule has 2 aromatic rings.